The van der Waals surface area contributed by atoms with Gasteiger partial charge < -0.3 is 18.5 Å². The Hall–Kier alpha value is -0.220. The molecule has 0 saturated heterocycles. The lowest BCUT2D eigenvalue weighted by Gasteiger charge is -2.14. The number of hydrogen-bond acceptors (Lipinski definition) is 4. The quantitative estimate of drug-likeness (QED) is 0.612. The Labute approximate surface area is 80.0 Å². The zero-order valence-electron chi connectivity index (χ0n) is 8.44. The maximum absolute atomic E-state index is 11.1. The van der Waals surface area contributed by atoms with Gasteiger partial charge in [0.05, 0.1) is 6.61 Å². The first-order valence-electron chi connectivity index (χ1n) is 3.92. The van der Waals surface area contributed by atoms with Crippen LogP contribution in [-0.2, 0) is 18.4 Å². The van der Waals surface area contributed by atoms with Crippen molar-refractivity contribution in [3.63, 3.8) is 0 Å². The molecule has 1 amide bonds. The van der Waals surface area contributed by atoms with Crippen LogP contribution >= 0.6 is 8.60 Å². The average Bonchev–Trinajstić information content (AvgIpc) is 2.11. The second kappa shape index (κ2) is 7.21. The third-order valence-electron chi connectivity index (χ3n) is 1.18. The normalized spacial score (nSPS) is 12.6. The molecule has 0 aromatic heterocycles. The molecule has 0 fully saturated rings. The van der Waals surface area contributed by atoms with Gasteiger partial charge in [0.25, 0.3) is 0 Å². The van der Waals surface area contributed by atoms with E-state index >= 15 is 0 Å². The molecule has 0 aliphatic carbocycles. The van der Waals surface area contributed by atoms with E-state index in [1.54, 1.807) is 14.1 Å². The first-order chi connectivity index (χ1) is 6.11. The van der Waals surface area contributed by atoms with Crippen molar-refractivity contribution in [3.8, 4) is 0 Å². The highest BCUT2D eigenvalue weighted by Crippen LogP contribution is 2.37. The first kappa shape index (κ1) is 12.8. The molecule has 0 aliphatic heterocycles. The summed E-state index contributed by atoms with van der Waals surface area (Å²) in [5.74, 6) is -0.107. The fraction of sp³-hybridized carbons (Fsp3) is 0.857. The summed E-state index contributed by atoms with van der Waals surface area (Å²) in [7, 11) is 3.46. The third kappa shape index (κ3) is 5.93. The lowest BCUT2D eigenvalue weighted by molar-refractivity contribution is -0.131. The van der Waals surface area contributed by atoms with E-state index < -0.39 is 8.60 Å². The van der Waals surface area contributed by atoms with Crippen molar-refractivity contribution < 1.29 is 18.4 Å². The van der Waals surface area contributed by atoms with E-state index in [2.05, 4.69) is 0 Å². The molecule has 0 heterocycles. The topological polar surface area (TPSA) is 48.0 Å². The van der Waals surface area contributed by atoms with Crippen molar-refractivity contribution in [2.24, 2.45) is 0 Å². The van der Waals surface area contributed by atoms with Gasteiger partial charge in [-0.15, -0.1) is 0 Å². The summed E-state index contributed by atoms with van der Waals surface area (Å²) in [4.78, 5) is 12.5. The highest BCUT2D eigenvalue weighted by molar-refractivity contribution is 7.41. The number of nitrogens with zero attached hydrogens (tertiary/aromatic N) is 1. The molecule has 0 radical (unpaired) electrons. The largest absolute Gasteiger partial charge is 0.347 e. The van der Waals surface area contributed by atoms with E-state index in [0.29, 0.717) is 6.61 Å². The van der Waals surface area contributed by atoms with Crippen LogP contribution in [0.4, 0.5) is 0 Å². The minimum absolute atomic E-state index is 0.00740. The molecule has 0 aromatic rings. The van der Waals surface area contributed by atoms with E-state index in [1.165, 1.54) is 12.0 Å². The van der Waals surface area contributed by atoms with E-state index in [-0.39, 0.29) is 12.5 Å². The number of rotatable bonds is 6. The fourth-order valence-corrected chi connectivity index (χ4v) is 1.20. The standard InChI is InChI=1S/C7H16NO4P/c1-5-11-13(10-4)12-6-7(9)8(2)3/h5-6H2,1-4H3. The Bertz CT molecular complexity index is 153. The van der Waals surface area contributed by atoms with Gasteiger partial charge in [-0.2, -0.15) is 0 Å². The van der Waals surface area contributed by atoms with Crippen LogP contribution < -0.4 is 0 Å². The van der Waals surface area contributed by atoms with E-state index in [1.807, 2.05) is 6.92 Å². The molecule has 0 spiro atoms. The van der Waals surface area contributed by atoms with Crippen LogP contribution in [0.2, 0.25) is 0 Å². The van der Waals surface area contributed by atoms with Crippen molar-refractivity contribution in [2.75, 3.05) is 34.4 Å². The summed E-state index contributed by atoms with van der Waals surface area (Å²) >= 11 is 0. The second-order valence-corrected chi connectivity index (χ2v) is 3.71. The van der Waals surface area contributed by atoms with Gasteiger partial charge in [-0.25, -0.2) is 0 Å². The molecule has 1 atom stereocenters. The van der Waals surface area contributed by atoms with Gasteiger partial charge >= 0.3 is 8.60 Å². The predicted octanol–water partition coefficient (Wildman–Crippen LogP) is 1.00. The van der Waals surface area contributed by atoms with Crippen molar-refractivity contribution in [1.82, 2.24) is 4.90 Å². The van der Waals surface area contributed by atoms with Crippen molar-refractivity contribution in [2.45, 2.75) is 6.92 Å². The Morgan fingerprint density at radius 3 is 2.38 bits per heavy atom. The predicted molar refractivity (Wildman–Crippen MR) is 50.2 cm³/mol. The van der Waals surface area contributed by atoms with Crippen molar-refractivity contribution >= 4 is 14.5 Å². The maximum atomic E-state index is 11.1. The number of carbonyl (C=O) groups excluding carboxylic acids is 1. The zero-order chi connectivity index (χ0) is 10.3. The molecular weight excluding hydrogens is 193 g/mol. The van der Waals surface area contributed by atoms with Gasteiger partial charge in [-0.1, -0.05) is 0 Å². The maximum Gasteiger partial charge on any atom is 0.332 e. The molecule has 0 aliphatic rings. The van der Waals surface area contributed by atoms with Crippen molar-refractivity contribution in [1.29, 1.82) is 0 Å². The molecule has 0 N–H and O–H groups in total. The molecule has 6 heteroatoms. The molecule has 0 saturated carbocycles. The Balaban J connectivity index is 3.65. The highest BCUT2D eigenvalue weighted by Gasteiger charge is 2.12. The van der Waals surface area contributed by atoms with E-state index in [9.17, 15) is 4.79 Å². The monoisotopic (exact) mass is 209 g/mol. The van der Waals surface area contributed by atoms with Crippen LogP contribution in [0.25, 0.3) is 0 Å². The van der Waals surface area contributed by atoms with Crippen LogP contribution in [0.15, 0.2) is 0 Å². The highest BCUT2D eigenvalue weighted by atomic mass is 31.2. The SMILES string of the molecule is CCOP(OC)OCC(=O)N(C)C. The van der Waals surface area contributed by atoms with Crippen LogP contribution in [0.5, 0.6) is 0 Å². The summed E-state index contributed by atoms with van der Waals surface area (Å²) in [6, 6.07) is 0. The lowest BCUT2D eigenvalue weighted by atomic mass is 10.6. The molecular formula is C7H16NO4P. The molecule has 0 bridgehead atoms. The van der Waals surface area contributed by atoms with Gasteiger partial charge in [0.15, 0.2) is 0 Å². The second-order valence-electron chi connectivity index (χ2n) is 2.39. The smallest absolute Gasteiger partial charge is 0.332 e. The van der Waals surface area contributed by atoms with Crippen LogP contribution in [-0.4, -0.2) is 45.2 Å². The van der Waals surface area contributed by atoms with Gasteiger partial charge in [0.2, 0.25) is 5.91 Å². The Morgan fingerprint density at radius 2 is 2.00 bits per heavy atom. The number of amides is 1. The summed E-state index contributed by atoms with van der Waals surface area (Å²) < 4.78 is 15.0. The van der Waals surface area contributed by atoms with Gasteiger partial charge in [0, 0.05) is 21.2 Å². The molecule has 13 heavy (non-hydrogen) atoms. The van der Waals surface area contributed by atoms with Crippen LogP contribution in [0.3, 0.4) is 0 Å². The Morgan fingerprint density at radius 1 is 1.38 bits per heavy atom. The van der Waals surface area contributed by atoms with Crippen molar-refractivity contribution in [3.05, 3.63) is 0 Å². The first-order valence-corrected chi connectivity index (χ1v) is 5.01. The minimum Gasteiger partial charge on any atom is -0.347 e. The molecule has 0 rings (SSSR count). The van der Waals surface area contributed by atoms with E-state index in [0.717, 1.165) is 0 Å². The summed E-state index contributed by atoms with van der Waals surface area (Å²) in [6.45, 7) is 2.34. The Kier molecular flexibility index (Phi) is 7.09. The van der Waals surface area contributed by atoms with E-state index in [4.69, 9.17) is 13.6 Å². The van der Waals surface area contributed by atoms with Gasteiger partial charge in [-0.3, -0.25) is 4.79 Å². The lowest BCUT2D eigenvalue weighted by Crippen LogP contribution is -2.25. The minimum atomic E-state index is -1.36. The molecule has 78 valence electrons. The van der Waals surface area contributed by atoms with Gasteiger partial charge in [-0.05, 0) is 6.92 Å². The summed E-state index contributed by atoms with van der Waals surface area (Å²) in [6.07, 6.45) is 0. The molecule has 5 nitrogen and oxygen atoms in total. The van der Waals surface area contributed by atoms with Gasteiger partial charge in [0.1, 0.15) is 6.61 Å². The zero-order valence-corrected chi connectivity index (χ0v) is 9.34. The number of likely N-dealkylation sites (N-methyl/N-ethyl adjacent to an activating group) is 1. The van der Waals surface area contributed by atoms with Crippen LogP contribution in [0, 0.1) is 0 Å². The van der Waals surface area contributed by atoms with Crippen LogP contribution in [0.1, 0.15) is 6.92 Å². The average molecular weight is 209 g/mol. The third-order valence-corrected chi connectivity index (χ3v) is 2.28. The summed E-state index contributed by atoms with van der Waals surface area (Å²) in [5, 5.41) is 0. The molecule has 1 unspecified atom stereocenters. The number of carbonyl (C=O) groups is 1. The fourth-order valence-electron chi connectivity index (χ4n) is 0.485. The number of hydrogen-bond donors (Lipinski definition) is 0. The molecule has 0 aromatic carbocycles. The summed E-state index contributed by atoms with van der Waals surface area (Å²) in [5.41, 5.74) is 0.